The van der Waals surface area contributed by atoms with Crippen molar-refractivity contribution in [3.8, 4) is 11.3 Å². The lowest BCUT2D eigenvalue weighted by Crippen LogP contribution is -2.05. The van der Waals surface area contributed by atoms with Crippen LogP contribution in [-0.4, -0.2) is 16.5 Å². The summed E-state index contributed by atoms with van der Waals surface area (Å²) >= 11 is 6.21. The van der Waals surface area contributed by atoms with Crippen molar-refractivity contribution < 1.29 is 0 Å². The largest absolute Gasteiger partial charge is 0.370 e. The molecule has 1 heterocycles. The minimum atomic E-state index is 0.285. The van der Waals surface area contributed by atoms with Crippen LogP contribution in [0.2, 0.25) is 5.02 Å². The van der Waals surface area contributed by atoms with Crippen LogP contribution >= 0.6 is 11.6 Å². The molecule has 1 aromatic carbocycles. The molecule has 0 bridgehead atoms. The Morgan fingerprint density at radius 1 is 1.20 bits per heavy atom. The van der Waals surface area contributed by atoms with Gasteiger partial charge in [-0.2, -0.15) is 0 Å². The van der Waals surface area contributed by atoms with Crippen LogP contribution in [0.25, 0.3) is 11.3 Å². The third-order valence-electron chi connectivity index (χ3n) is 3.09. The average molecular weight is 290 g/mol. The molecule has 3 nitrogen and oxygen atoms in total. The molecule has 2 aromatic rings. The Balaban J connectivity index is 2.51. The van der Waals surface area contributed by atoms with Crippen LogP contribution in [-0.2, 0) is 0 Å². The van der Waals surface area contributed by atoms with Gasteiger partial charge in [-0.15, -0.1) is 0 Å². The van der Waals surface area contributed by atoms with E-state index in [0.717, 1.165) is 40.0 Å². The van der Waals surface area contributed by atoms with E-state index in [-0.39, 0.29) is 5.92 Å². The summed E-state index contributed by atoms with van der Waals surface area (Å²) < 4.78 is 0. The van der Waals surface area contributed by atoms with E-state index in [1.807, 2.05) is 31.2 Å². The fraction of sp³-hybridized carbons (Fsp3) is 0.375. The maximum Gasteiger partial charge on any atom is 0.133 e. The van der Waals surface area contributed by atoms with Gasteiger partial charge in [0, 0.05) is 29.1 Å². The molecular weight excluding hydrogens is 270 g/mol. The summed E-state index contributed by atoms with van der Waals surface area (Å²) in [4.78, 5) is 9.18. The highest BCUT2D eigenvalue weighted by Gasteiger charge is 2.10. The van der Waals surface area contributed by atoms with Crippen molar-refractivity contribution in [3.63, 3.8) is 0 Å². The number of rotatable bonds is 4. The number of nitrogens with one attached hydrogen (secondary N) is 1. The zero-order chi connectivity index (χ0) is 14.7. The van der Waals surface area contributed by atoms with E-state index in [0.29, 0.717) is 0 Å². The van der Waals surface area contributed by atoms with E-state index in [1.165, 1.54) is 0 Å². The topological polar surface area (TPSA) is 37.8 Å². The molecule has 2 rings (SSSR count). The standard InChI is InChI=1S/C16H20ClN3/c1-5-18-15-9-14(19-16(20-15)10(2)3)12-7-6-11(4)13(17)8-12/h6-10H,5H2,1-4H3,(H,18,19,20). The van der Waals surface area contributed by atoms with E-state index in [4.69, 9.17) is 11.6 Å². The summed E-state index contributed by atoms with van der Waals surface area (Å²) in [5.41, 5.74) is 2.99. The monoisotopic (exact) mass is 289 g/mol. The number of halogens is 1. The Kier molecular flexibility index (Phi) is 4.61. The second-order valence-electron chi connectivity index (χ2n) is 5.15. The number of aromatic nitrogens is 2. The number of benzene rings is 1. The molecule has 0 amide bonds. The Labute approximate surface area is 125 Å². The summed E-state index contributed by atoms with van der Waals surface area (Å²) in [6.45, 7) is 9.08. The molecule has 0 fully saturated rings. The average Bonchev–Trinajstić information content (AvgIpc) is 2.42. The van der Waals surface area contributed by atoms with Gasteiger partial charge in [0.1, 0.15) is 11.6 Å². The first-order chi connectivity index (χ1) is 9.51. The predicted molar refractivity (Wildman–Crippen MR) is 85.5 cm³/mol. The van der Waals surface area contributed by atoms with Gasteiger partial charge >= 0.3 is 0 Å². The van der Waals surface area contributed by atoms with Gasteiger partial charge in [-0.05, 0) is 25.5 Å². The minimum absolute atomic E-state index is 0.285. The van der Waals surface area contributed by atoms with Crippen molar-refractivity contribution in [2.75, 3.05) is 11.9 Å². The highest BCUT2D eigenvalue weighted by molar-refractivity contribution is 6.31. The maximum absolute atomic E-state index is 6.21. The molecular formula is C16H20ClN3. The van der Waals surface area contributed by atoms with Crippen molar-refractivity contribution >= 4 is 17.4 Å². The van der Waals surface area contributed by atoms with Crippen molar-refractivity contribution in [2.24, 2.45) is 0 Å². The van der Waals surface area contributed by atoms with Crippen LogP contribution in [0.4, 0.5) is 5.82 Å². The van der Waals surface area contributed by atoms with E-state index in [2.05, 4.69) is 36.1 Å². The zero-order valence-corrected chi connectivity index (χ0v) is 13.1. The van der Waals surface area contributed by atoms with Gasteiger partial charge in [0.15, 0.2) is 0 Å². The minimum Gasteiger partial charge on any atom is -0.370 e. The van der Waals surface area contributed by atoms with Crippen molar-refractivity contribution in [1.29, 1.82) is 0 Å². The maximum atomic E-state index is 6.21. The highest BCUT2D eigenvalue weighted by atomic mass is 35.5. The molecule has 0 spiro atoms. The lowest BCUT2D eigenvalue weighted by molar-refractivity contribution is 0.776. The van der Waals surface area contributed by atoms with Gasteiger partial charge in [0.25, 0.3) is 0 Å². The smallest absolute Gasteiger partial charge is 0.133 e. The van der Waals surface area contributed by atoms with Gasteiger partial charge in [-0.25, -0.2) is 9.97 Å². The van der Waals surface area contributed by atoms with Crippen LogP contribution < -0.4 is 5.32 Å². The molecule has 20 heavy (non-hydrogen) atoms. The molecule has 1 aromatic heterocycles. The lowest BCUT2D eigenvalue weighted by atomic mass is 10.1. The second kappa shape index (κ2) is 6.23. The van der Waals surface area contributed by atoms with Crippen LogP contribution in [0.3, 0.4) is 0 Å². The first-order valence-corrected chi connectivity index (χ1v) is 7.28. The number of anilines is 1. The summed E-state index contributed by atoms with van der Waals surface area (Å²) in [7, 11) is 0. The molecule has 0 aliphatic carbocycles. The van der Waals surface area contributed by atoms with Gasteiger partial charge in [-0.3, -0.25) is 0 Å². The Hall–Kier alpha value is -1.61. The normalized spacial score (nSPS) is 10.9. The van der Waals surface area contributed by atoms with E-state index < -0.39 is 0 Å². The highest BCUT2D eigenvalue weighted by Crippen LogP contribution is 2.26. The van der Waals surface area contributed by atoms with Crippen LogP contribution in [0.15, 0.2) is 24.3 Å². The third kappa shape index (κ3) is 3.28. The van der Waals surface area contributed by atoms with Crippen molar-refractivity contribution in [3.05, 3.63) is 40.7 Å². The van der Waals surface area contributed by atoms with Crippen molar-refractivity contribution in [1.82, 2.24) is 9.97 Å². The molecule has 106 valence electrons. The Morgan fingerprint density at radius 2 is 1.95 bits per heavy atom. The molecule has 1 N–H and O–H groups in total. The molecule has 0 unspecified atom stereocenters. The molecule has 0 atom stereocenters. The van der Waals surface area contributed by atoms with Crippen LogP contribution in [0.1, 0.15) is 38.1 Å². The summed E-state index contributed by atoms with van der Waals surface area (Å²) in [6, 6.07) is 7.99. The number of hydrogen-bond acceptors (Lipinski definition) is 3. The fourth-order valence-corrected chi connectivity index (χ4v) is 2.08. The first-order valence-electron chi connectivity index (χ1n) is 6.90. The van der Waals surface area contributed by atoms with E-state index in [1.54, 1.807) is 0 Å². The molecule has 0 saturated heterocycles. The van der Waals surface area contributed by atoms with Crippen LogP contribution in [0.5, 0.6) is 0 Å². The number of nitrogens with zero attached hydrogens (tertiary/aromatic N) is 2. The van der Waals surface area contributed by atoms with E-state index >= 15 is 0 Å². The van der Waals surface area contributed by atoms with Gasteiger partial charge in [-0.1, -0.05) is 37.6 Å². The number of aryl methyl sites for hydroxylation is 1. The summed E-state index contributed by atoms with van der Waals surface area (Å²) in [6.07, 6.45) is 0. The van der Waals surface area contributed by atoms with Crippen LogP contribution in [0, 0.1) is 6.92 Å². The third-order valence-corrected chi connectivity index (χ3v) is 3.49. The van der Waals surface area contributed by atoms with E-state index in [9.17, 15) is 0 Å². The Morgan fingerprint density at radius 3 is 2.55 bits per heavy atom. The second-order valence-corrected chi connectivity index (χ2v) is 5.55. The van der Waals surface area contributed by atoms with Gasteiger partial charge in [0.2, 0.25) is 0 Å². The first kappa shape index (κ1) is 14.8. The Bertz CT molecular complexity index is 609. The molecule has 4 heteroatoms. The summed E-state index contributed by atoms with van der Waals surface area (Å²) in [5, 5.41) is 4.02. The molecule has 0 radical (unpaired) electrons. The number of hydrogen-bond donors (Lipinski definition) is 1. The predicted octanol–water partition coefficient (Wildman–Crippen LogP) is 4.66. The quantitative estimate of drug-likeness (QED) is 0.889. The lowest BCUT2D eigenvalue weighted by Gasteiger charge is -2.11. The molecule has 0 saturated carbocycles. The fourth-order valence-electron chi connectivity index (χ4n) is 1.90. The van der Waals surface area contributed by atoms with Crippen molar-refractivity contribution in [2.45, 2.75) is 33.6 Å². The molecule has 0 aliphatic rings. The SMILES string of the molecule is CCNc1cc(-c2ccc(C)c(Cl)c2)nc(C(C)C)n1. The van der Waals surface area contributed by atoms with Gasteiger partial charge in [0.05, 0.1) is 5.69 Å². The molecule has 0 aliphatic heterocycles. The summed E-state index contributed by atoms with van der Waals surface area (Å²) in [5.74, 6) is 1.99. The van der Waals surface area contributed by atoms with Gasteiger partial charge < -0.3 is 5.32 Å². The zero-order valence-electron chi connectivity index (χ0n) is 12.4.